The third kappa shape index (κ3) is 3.08. The van der Waals surface area contributed by atoms with E-state index >= 15 is 0 Å². The highest BCUT2D eigenvalue weighted by Gasteiger charge is 2.12. The van der Waals surface area contributed by atoms with E-state index in [1.165, 1.54) is 0 Å². The summed E-state index contributed by atoms with van der Waals surface area (Å²) in [6, 6.07) is 15.6. The normalized spacial score (nSPS) is 10.5. The Morgan fingerprint density at radius 2 is 1.91 bits per heavy atom. The first-order valence-electron chi connectivity index (χ1n) is 7.25. The highest BCUT2D eigenvalue weighted by Crippen LogP contribution is 2.26. The molecular formula is C18H15NO4. The lowest BCUT2D eigenvalue weighted by Crippen LogP contribution is -2.17. The smallest absolute Gasteiger partial charge is 0.360 e. The Morgan fingerprint density at radius 1 is 1.13 bits per heavy atom. The number of carbonyl (C=O) groups is 1. The van der Waals surface area contributed by atoms with Crippen molar-refractivity contribution in [3.05, 3.63) is 70.6 Å². The molecule has 0 bridgehead atoms. The third-order valence-corrected chi connectivity index (χ3v) is 3.31. The molecule has 1 N–H and O–H groups in total. The number of para-hydroxylation sites is 1. The van der Waals surface area contributed by atoms with Crippen molar-refractivity contribution in [2.45, 2.75) is 6.92 Å². The van der Waals surface area contributed by atoms with Crippen LogP contribution in [0, 0.1) is 0 Å². The molecule has 23 heavy (non-hydrogen) atoms. The maximum Gasteiger partial charge on any atom is 0.360 e. The molecule has 0 atom stereocenters. The molecular weight excluding hydrogens is 294 g/mol. The van der Waals surface area contributed by atoms with Crippen molar-refractivity contribution < 1.29 is 13.9 Å². The van der Waals surface area contributed by atoms with Gasteiger partial charge in [-0.2, -0.15) is 0 Å². The number of rotatable bonds is 4. The lowest BCUT2D eigenvalue weighted by molar-refractivity contribution is 0.102. The van der Waals surface area contributed by atoms with Crippen molar-refractivity contribution in [1.82, 2.24) is 0 Å². The van der Waals surface area contributed by atoms with E-state index in [1.54, 1.807) is 48.5 Å². The molecule has 0 aliphatic heterocycles. The van der Waals surface area contributed by atoms with Crippen molar-refractivity contribution in [3.8, 4) is 5.75 Å². The van der Waals surface area contributed by atoms with Gasteiger partial charge in [0.2, 0.25) is 0 Å². The number of carbonyl (C=O) groups excluding carboxylic acids is 1. The first kappa shape index (κ1) is 14.8. The van der Waals surface area contributed by atoms with Crippen LogP contribution in [-0.2, 0) is 0 Å². The number of hydrogen-bond donors (Lipinski definition) is 1. The fourth-order valence-corrected chi connectivity index (χ4v) is 2.26. The van der Waals surface area contributed by atoms with Gasteiger partial charge < -0.3 is 14.5 Å². The second-order valence-corrected chi connectivity index (χ2v) is 4.88. The summed E-state index contributed by atoms with van der Waals surface area (Å²) in [5, 5.41) is 3.26. The van der Waals surface area contributed by atoms with Crippen LogP contribution in [0.4, 0.5) is 5.69 Å². The monoisotopic (exact) mass is 309 g/mol. The Labute approximate surface area is 132 Å². The van der Waals surface area contributed by atoms with Crippen LogP contribution in [-0.4, -0.2) is 12.5 Å². The standard InChI is InChI=1S/C18H15NO4/c1-2-22-15-10-6-9-13-11-14(18(21)23-16(13)15)19-17(20)12-7-4-3-5-8-12/h3-11H,2H2,1H3,(H,19,20). The Hall–Kier alpha value is -3.08. The van der Waals surface area contributed by atoms with E-state index in [0.717, 1.165) is 0 Å². The number of benzene rings is 2. The van der Waals surface area contributed by atoms with Crippen LogP contribution in [0.5, 0.6) is 5.75 Å². The summed E-state index contributed by atoms with van der Waals surface area (Å²) in [6.07, 6.45) is 0. The highest BCUT2D eigenvalue weighted by atomic mass is 16.5. The van der Waals surface area contributed by atoms with Crippen LogP contribution in [0.1, 0.15) is 17.3 Å². The lowest BCUT2D eigenvalue weighted by Gasteiger charge is -2.08. The van der Waals surface area contributed by atoms with Gasteiger partial charge in [-0.3, -0.25) is 4.79 Å². The molecule has 0 spiro atoms. The molecule has 1 amide bonds. The number of anilines is 1. The van der Waals surface area contributed by atoms with E-state index in [9.17, 15) is 9.59 Å². The number of fused-ring (bicyclic) bond motifs is 1. The zero-order valence-electron chi connectivity index (χ0n) is 12.5. The van der Waals surface area contributed by atoms with E-state index in [-0.39, 0.29) is 11.6 Å². The van der Waals surface area contributed by atoms with Gasteiger partial charge in [0, 0.05) is 10.9 Å². The van der Waals surface area contributed by atoms with Crippen LogP contribution in [0.3, 0.4) is 0 Å². The maximum atomic E-state index is 12.2. The van der Waals surface area contributed by atoms with E-state index in [4.69, 9.17) is 9.15 Å². The summed E-state index contributed by atoms with van der Waals surface area (Å²) in [5.74, 6) is 0.140. The van der Waals surface area contributed by atoms with Gasteiger partial charge in [-0.25, -0.2) is 4.79 Å². The molecule has 5 heteroatoms. The van der Waals surface area contributed by atoms with Gasteiger partial charge in [0.1, 0.15) is 5.69 Å². The van der Waals surface area contributed by atoms with Gasteiger partial charge in [-0.1, -0.05) is 30.3 Å². The van der Waals surface area contributed by atoms with Crippen molar-refractivity contribution in [1.29, 1.82) is 0 Å². The zero-order chi connectivity index (χ0) is 16.2. The minimum Gasteiger partial charge on any atom is -0.490 e. The van der Waals surface area contributed by atoms with E-state index in [2.05, 4.69) is 5.32 Å². The minimum absolute atomic E-state index is 0.0972. The minimum atomic E-state index is -0.617. The molecule has 0 saturated carbocycles. The molecule has 0 aliphatic carbocycles. The van der Waals surface area contributed by atoms with E-state index in [0.29, 0.717) is 28.9 Å². The number of amides is 1. The molecule has 0 unspecified atom stereocenters. The summed E-state index contributed by atoms with van der Waals surface area (Å²) in [5.41, 5.74) is 0.320. The number of nitrogens with one attached hydrogen (secondary N) is 1. The average Bonchev–Trinajstić information content (AvgIpc) is 2.57. The molecule has 0 radical (unpaired) electrons. The van der Waals surface area contributed by atoms with Crippen LogP contribution in [0.15, 0.2) is 63.8 Å². The Kier molecular flexibility index (Phi) is 4.10. The van der Waals surface area contributed by atoms with Crippen LogP contribution >= 0.6 is 0 Å². The van der Waals surface area contributed by atoms with Gasteiger partial charge >= 0.3 is 5.63 Å². The molecule has 0 saturated heterocycles. The Balaban J connectivity index is 1.98. The molecule has 0 fully saturated rings. The van der Waals surface area contributed by atoms with Gasteiger partial charge in [0.15, 0.2) is 11.3 Å². The van der Waals surface area contributed by atoms with Gasteiger partial charge in [0.25, 0.3) is 5.91 Å². The SMILES string of the molecule is CCOc1cccc2cc(NC(=O)c3ccccc3)c(=O)oc12. The van der Waals surface area contributed by atoms with Crippen LogP contribution < -0.4 is 15.7 Å². The third-order valence-electron chi connectivity index (χ3n) is 3.31. The Bertz CT molecular complexity index is 900. The second-order valence-electron chi connectivity index (χ2n) is 4.88. The fraction of sp³-hybridized carbons (Fsp3) is 0.111. The highest BCUT2D eigenvalue weighted by molar-refractivity contribution is 6.04. The average molecular weight is 309 g/mol. The van der Waals surface area contributed by atoms with E-state index < -0.39 is 5.63 Å². The fourth-order valence-electron chi connectivity index (χ4n) is 2.26. The summed E-state index contributed by atoms with van der Waals surface area (Å²) in [4.78, 5) is 24.3. The maximum absolute atomic E-state index is 12.2. The largest absolute Gasteiger partial charge is 0.490 e. The molecule has 116 valence electrons. The first-order chi connectivity index (χ1) is 11.2. The molecule has 1 heterocycles. The quantitative estimate of drug-likeness (QED) is 0.750. The van der Waals surface area contributed by atoms with Crippen LogP contribution in [0.25, 0.3) is 11.0 Å². The van der Waals surface area contributed by atoms with Crippen molar-refractivity contribution in [3.63, 3.8) is 0 Å². The van der Waals surface area contributed by atoms with Crippen LogP contribution in [0.2, 0.25) is 0 Å². The summed E-state index contributed by atoms with van der Waals surface area (Å²) in [6.45, 7) is 2.32. The summed E-state index contributed by atoms with van der Waals surface area (Å²) in [7, 11) is 0. The predicted octanol–water partition coefficient (Wildman–Crippen LogP) is 3.44. The lowest BCUT2D eigenvalue weighted by atomic mass is 10.2. The van der Waals surface area contributed by atoms with Gasteiger partial charge in [-0.05, 0) is 31.2 Å². The topological polar surface area (TPSA) is 68.5 Å². The van der Waals surface area contributed by atoms with E-state index in [1.807, 2.05) is 13.0 Å². The number of ether oxygens (including phenoxy) is 1. The molecule has 1 aromatic heterocycles. The summed E-state index contributed by atoms with van der Waals surface area (Å²) >= 11 is 0. The summed E-state index contributed by atoms with van der Waals surface area (Å²) < 4.78 is 10.8. The van der Waals surface area contributed by atoms with Gasteiger partial charge in [0.05, 0.1) is 6.61 Å². The predicted molar refractivity (Wildman–Crippen MR) is 88.0 cm³/mol. The molecule has 2 aromatic carbocycles. The van der Waals surface area contributed by atoms with Crippen molar-refractivity contribution >= 4 is 22.6 Å². The molecule has 3 rings (SSSR count). The molecule has 3 aromatic rings. The second kappa shape index (κ2) is 6.36. The number of hydrogen-bond acceptors (Lipinski definition) is 4. The van der Waals surface area contributed by atoms with Crippen molar-refractivity contribution in [2.75, 3.05) is 11.9 Å². The molecule has 5 nitrogen and oxygen atoms in total. The molecule has 0 aliphatic rings. The Morgan fingerprint density at radius 3 is 2.65 bits per heavy atom. The zero-order valence-corrected chi connectivity index (χ0v) is 12.5. The van der Waals surface area contributed by atoms with Crippen molar-refractivity contribution in [2.24, 2.45) is 0 Å². The van der Waals surface area contributed by atoms with Gasteiger partial charge in [-0.15, -0.1) is 0 Å². The first-order valence-corrected chi connectivity index (χ1v) is 7.25.